The van der Waals surface area contributed by atoms with Gasteiger partial charge in [0.2, 0.25) is 0 Å². The van der Waals surface area contributed by atoms with Crippen LogP contribution in [0.1, 0.15) is 20.7 Å². The number of alkyl halides is 2. The molecule has 0 spiro atoms. The molecule has 0 amide bonds. The van der Waals surface area contributed by atoms with E-state index in [0.29, 0.717) is 16.1 Å². The van der Waals surface area contributed by atoms with E-state index in [-0.39, 0.29) is 16.9 Å². The fraction of sp³-hybridized carbons (Fsp3) is 0.111. The highest BCUT2D eigenvalue weighted by atomic mass is 127. The van der Waals surface area contributed by atoms with Crippen LogP contribution in [-0.2, 0) is 0 Å². The Morgan fingerprint density at radius 1 is 1.20 bits per heavy atom. The van der Waals surface area contributed by atoms with Crippen LogP contribution in [0, 0.1) is 3.57 Å². The van der Waals surface area contributed by atoms with Crippen molar-refractivity contribution in [3.8, 4) is 5.75 Å². The fourth-order valence-corrected chi connectivity index (χ4v) is 1.63. The van der Waals surface area contributed by atoms with E-state index in [0.717, 1.165) is 0 Å². The average Bonchev–Trinajstić information content (AvgIpc) is 2.19. The van der Waals surface area contributed by atoms with E-state index < -0.39 is 6.61 Å². The largest absolute Gasteiger partial charge is 0.434 e. The van der Waals surface area contributed by atoms with Crippen LogP contribution in [0.4, 0.5) is 8.78 Å². The van der Waals surface area contributed by atoms with Crippen molar-refractivity contribution >= 4 is 35.2 Å². The highest BCUT2D eigenvalue weighted by Crippen LogP contribution is 2.25. The molecule has 1 aromatic carbocycles. The first-order valence-electron chi connectivity index (χ1n) is 3.77. The van der Waals surface area contributed by atoms with Crippen LogP contribution in [0.15, 0.2) is 12.1 Å². The molecule has 0 aromatic heterocycles. The molecule has 0 bridgehead atoms. The van der Waals surface area contributed by atoms with E-state index in [4.69, 9.17) is 0 Å². The number of ether oxygens (including phenoxy) is 1. The molecule has 0 N–H and O–H groups in total. The first-order chi connectivity index (χ1) is 7.10. The van der Waals surface area contributed by atoms with E-state index in [2.05, 4.69) is 4.74 Å². The Labute approximate surface area is 97.6 Å². The first kappa shape index (κ1) is 12.0. The Hall–Kier alpha value is -1.05. The molecule has 0 fully saturated rings. The lowest BCUT2D eigenvalue weighted by atomic mass is 10.1. The maximum absolute atomic E-state index is 11.9. The smallest absolute Gasteiger partial charge is 0.387 e. The third-order valence-electron chi connectivity index (χ3n) is 1.65. The molecule has 0 unspecified atom stereocenters. The average molecular weight is 326 g/mol. The topological polar surface area (TPSA) is 43.4 Å². The summed E-state index contributed by atoms with van der Waals surface area (Å²) in [4.78, 5) is 21.3. The van der Waals surface area contributed by atoms with Gasteiger partial charge in [0.1, 0.15) is 5.75 Å². The summed E-state index contributed by atoms with van der Waals surface area (Å²) >= 11 is 1.83. The van der Waals surface area contributed by atoms with Gasteiger partial charge in [-0.2, -0.15) is 8.78 Å². The maximum Gasteiger partial charge on any atom is 0.387 e. The highest BCUT2D eigenvalue weighted by molar-refractivity contribution is 14.1. The van der Waals surface area contributed by atoms with E-state index in [9.17, 15) is 18.4 Å². The van der Waals surface area contributed by atoms with E-state index in [1.807, 2.05) is 22.6 Å². The van der Waals surface area contributed by atoms with Crippen molar-refractivity contribution < 1.29 is 23.1 Å². The minimum absolute atomic E-state index is 0.0590. The minimum atomic E-state index is -3.02. The van der Waals surface area contributed by atoms with Crippen molar-refractivity contribution in [2.75, 3.05) is 0 Å². The number of rotatable bonds is 4. The zero-order valence-corrected chi connectivity index (χ0v) is 9.40. The van der Waals surface area contributed by atoms with Crippen molar-refractivity contribution in [2.24, 2.45) is 0 Å². The van der Waals surface area contributed by atoms with Crippen LogP contribution in [0.2, 0.25) is 0 Å². The molecule has 0 saturated heterocycles. The summed E-state index contributed by atoms with van der Waals surface area (Å²) in [6.45, 7) is -3.02. The lowest BCUT2D eigenvalue weighted by Crippen LogP contribution is -2.06. The summed E-state index contributed by atoms with van der Waals surface area (Å²) in [7, 11) is 0. The highest BCUT2D eigenvalue weighted by Gasteiger charge is 2.15. The Morgan fingerprint density at radius 2 is 1.80 bits per heavy atom. The number of halogens is 3. The van der Waals surface area contributed by atoms with Crippen LogP contribution in [0.3, 0.4) is 0 Å². The van der Waals surface area contributed by atoms with E-state index >= 15 is 0 Å². The van der Waals surface area contributed by atoms with Crippen molar-refractivity contribution in [3.63, 3.8) is 0 Å². The third-order valence-corrected chi connectivity index (χ3v) is 2.59. The van der Waals surface area contributed by atoms with Gasteiger partial charge >= 0.3 is 6.61 Å². The maximum atomic E-state index is 11.9. The summed E-state index contributed by atoms with van der Waals surface area (Å²) in [5.74, 6) is -0.289. The molecule has 0 heterocycles. The molecule has 0 aliphatic heterocycles. The number of carbonyl (C=O) groups is 2. The van der Waals surface area contributed by atoms with Gasteiger partial charge < -0.3 is 4.74 Å². The minimum Gasteiger partial charge on any atom is -0.434 e. The molecule has 0 atom stereocenters. The van der Waals surface area contributed by atoms with Gasteiger partial charge in [0.05, 0.1) is 5.56 Å². The second-order valence-electron chi connectivity index (χ2n) is 2.49. The van der Waals surface area contributed by atoms with Crippen LogP contribution in [0.5, 0.6) is 5.75 Å². The summed E-state index contributed by atoms with van der Waals surface area (Å²) in [6, 6.07) is 2.65. The predicted molar refractivity (Wildman–Crippen MR) is 56.6 cm³/mol. The van der Waals surface area contributed by atoms with E-state index in [1.54, 1.807) is 0 Å². The molecule has 80 valence electrons. The monoisotopic (exact) mass is 326 g/mol. The van der Waals surface area contributed by atoms with Gasteiger partial charge in [0, 0.05) is 9.13 Å². The number of hydrogen-bond donors (Lipinski definition) is 0. The summed E-state index contributed by atoms with van der Waals surface area (Å²) < 4.78 is 28.5. The molecule has 1 rings (SSSR count). The normalized spacial score (nSPS) is 10.1. The Bertz CT molecular complexity index is 393. The van der Waals surface area contributed by atoms with E-state index in [1.165, 1.54) is 12.1 Å². The van der Waals surface area contributed by atoms with Gasteiger partial charge in [-0.3, -0.25) is 9.59 Å². The van der Waals surface area contributed by atoms with Crippen molar-refractivity contribution in [3.05, 3.63) is 26.8 Å². The zero-order chi connectivity index (χ0) is 11.4. The summed E-state index contributed by atoms with van der Waals surface area (Å²) in [5.41, 5.74) is -0.0963. The SMILES string of the molecule is O=Cc1c(I)ccc(OC(F)F)c1C=O. The van der Waals surface area contributed by atoms with Crippen LogP contribution >= 0.6 is 22.6 Å². The van der Waals surface area contributed by atoms with Crippen molar-refractivity contribution in [1.29, 1.82) is 0 Å². The molecule has 15 heavy (non-hydrogen) atoms. The van der Waals surface area contributed by atoms with Gasteiger partial charge in [-0.15, -0.1) is 0 Å². The van der Waals surface area contributed by atoms with Crippen LogP contribution < -0.4 is 4.74 Å². The van der Waals surface area contributed by atoms with Gasteiger partial charge in [-0.05, 0) is 34.7 Å². The number of aldehydes is 2. The molecule has 0 aliphatic rings. The number of carbonyl (C=O) groups excluding carboxylic acids is 2. The molecule has 0 radical (unpaired) electrons. The second-order valence-corrected chi connectivity index (χ2v) is 3.65. The van der Waals surface area contributed by atoms with Crippen LogP contribution in [0.25, 0.3) is 0 Å². The van der Waals surface area contributed by atoms with Crippen LogP contribution in [-0.4, -0.2) is 19.2 Å². The Morgan fingerprint density at radius 3 is 2.27 bits per heavy atom. The molecular weight excluding hydrogens is 321 g/mol. The number of hydrogen-bond acceptors (Lipinski definition) is 3. The molecule has 1 aromatic rings. The summed E-state index contributed by atoms with van der Waals surface area (Å²) in [5, 5.41) is 0. The second kappa shape index (κ2) is 5.15. The van der Waals surface area contributed by atoms with Crippen molar-refractivity contribution in [1.82, 2.24) is 0 Å². The van der Waals surface area contributed by atoms with Gasteiger partial charge in [-0.25, -0.2) is 0 Å². The Balaban J connectivity index is 3.28. The van der Waals surface area contributed by atoms with Crippen molar-refractivity contribution in [2.45, 2.75) is 6.61 Å². The Kier molecular flexibility index (Phi) is 4.13. The predicted octanol–water partition coefficient (Wildman–Crippen LogP) is 2.52. The molecule has 0 aliphatic carbocycles. The van der Waals surface area contributed by atoms with Gasteiger partial charge in [0.15, 0.2) is 12.6 Å². The summed E-state index contributed by atoms with van der Waals surface area (Å²) in [6.07, 6.45) is 0.757. The standard InChI is InChI=1S/C9H5F2IO3/c10-9(11)15-8-2-1-7(12)5(3-13)6(8)4-14/h1-4,9H. The molecule has 0 saturated carbocycles. The van der Waals surface area contributed by atoms with Gasteiger partial charge in [0.25, 0.3) is 0 Å². The third kappa shape index (κ3) is 2.71. The molecule has 6 heteroatoms. The fourth-order valence-electron chi connectivity index (χ4n) is 1.03. The molecule has 3 nitrogen and oxygen atoms in total. The number of benzene rings is 1. The quantitative estimate of drug-likeness (QED) is 0.631. The van der Waals surface area contributed by atoms with Gasteiger partial charge in [-0.1, -0.05) is 0 Å². The molecular formula is C9H5F2IO3. The zero-order valence-electron chi connectivity index (χ0n) is 7.25. The lowest BCUT2D eigenvalue weighted by molar-refractivity contribution is -0.0501. The first-order valence-corrected chi connectivity index (χ1v) is 4.85. The lowest BCUT2D eigenvalue weighted by Gasteiger charge is -2.09.